The lowest BCUT2D eigenvalue weighted by Gasteiger charge is -2.07. The quantitative estimate of drug-likeness (QED) is 0.861. The van der Waals surface area contributed by atoms with Crippen molar-refractivity contribution in [3.05, 3.63) is 36.4 Å². The van der Waals surface area contributed by atoms with Crippen molar-refractivity contribution in [1.82, 2.24) is 4.72 Å². The number of sulfonamides is 1. The van der Waals surface area contributed by atoms with E-state index in [1.54, 1.807) is 31.4 Å². The van der Waals surface area contributed by atoms with Crippen LogP contribution >= 0.6 is 0 Å². The van der Waals surface area contributed by atoms with Crippen LogP contribution in [0.3, 0.4) is 0 Å². The first kappa shape index (κ1) is 13.8. The summed E-state index contributed by atoms with van der Waals surface area (Å²) < 4.78 is 31.2. The van der Waals surface area contributed by atoms with Crippen molar-refractivity contribution >= 4 is 20.8 Å². The van der Waals surface area contributed by atoms with Gasteiger partial charge in [0.05, 0.1) is 18.6 Å². The summed E-state index contributed by atoms with van der Waals surface area (Å²) >= 11 is 0. The van der Waals surface area contributed by atoms with E-state index >= 15 is 0 Å². The Morgan fingerprint density at radius 2 is 1.84 bits per heavy atom. The highest BCUT2D eigenvalue weighted by atomic mass is 32.2. The number of nitrogens with one attached hydrogen (secondary N) is 1. The lowest BCUT2D eigenvalue weighted by Crippen LogP contribution is -2.26. The molecule has 0 spiro atoms. The van der Waals surface area contributed by atoms with Crippen LogP contribution in [-0.2, 0) is 10.0 Å². The Morgan fingerprint density at radius 1 is 1.16 bits per heavy atom. The van der Waals surface area contributed by atoms with E-state index in [1.165, 1.54) is 6.07 Å². The van der Waals surface area contributed by atoms with Crippen molar-refractivity contribution in [2.75, 3.05) is 20.3 Å². The van der Waals surface area contributed by atoms with Crippen LogP contribution in [0.1, 0.15) is 0 Å². The Hall–Kier alpha value is -1.63. The van der Waals surface area contributed by atoms with E-state index in [1.807, 2.05) is 6.07 Å². The topological polar surface area (TPSA) is 75.6 Å². The molecule has 0 radical (unpaired) electrons. The standard InChI is InChI=1S/C13H15NO4S/c1-18-12-4-2-11-9-13(5-3-10(11)8-12)19(16,17)14-6-7-15/h2-5,8-9,14-15H,6-7H2,1H3. The molecule has 19 heavy (non-hydrogen) atoms. The fourth-order valence-corrected chi connectivity index (χ4v) is 2.82. The van der Waals surface area contributed by atoms with Gasteiger partial charge in [-0.1, -0.05) is 12.1 Å². The maximum atomic E-state index is 11.9. The summed E-state index contributed by atoms with van der Waals surface area (Å²) in [4.78, 5) is 0.179. The highest BCUT2D eigenvalue weighted by Crippen LogP contribution is 2.23. The van der Waals surface area contributed by atoms with E-state index in [2.05, 4.69) is 4.72 Å². The van der Waals surface area contributed by atoms with Crippen LogP contribution in [0.5, 0.6) is 5.75 Å². The molecule has 0 bridgehead atoms. The number of aliphatic hydroxyl groups excluding tert-OH is 1. The fourth-order valence-electron chi connectivity index (χ4n) is 1.76. The monoisotopic (exact) mass is 281 g/mol. The second kappa shape index (κ2) is 5.56. The minimum atomic E-state index is -3.57. The third kappa shape index (κ3) is 3.04. The number of fused-ring (bicyclic) bond motifs is 1. The highest BCUT2D eigenvalue weighted by Gasteiger charge is 2.13. The van der Waals surface area contributed by atoms with Gasteiger partial charge in [0.15, 0.2) is 0 Å². The van der Waals surface area contributed by atoms with Gasteiger partial charge in [0.25, 0.3) is 0 Å². The molecule has 102 valence electrons. The number of methoxy groups -OCH3 is 1. The predicted octanol–water partition coefficient (Wildman–Crippen LogP) is 1.12. The number of ether oxygens (including phenoxy) is 1. The van der Waals surface area contributed by atoms with E-state index in [4.69, 9.17) is 9.84 Å². The minimum absolute atomic E-state index is 0.00296. The Morgan fingerprint density at radius 3 is 2.53 bits per heavy atom. The van der Waals surface area contributed by atoms with Crippen molar-refractivity contribution in [2.24, 2.45) is 0 Å². The Kier molecular flexibility index (Phi) is 4.04. The Labute approximate surface area is 111 Å². The molecule has 2 rings (SSSR count). The molecule has 0 fully saturated rings. The lowest BCUT2D eigenvalue weighted by atomic mass is 10.1. The van der Waals surface area contributed by atoms with Gasteiger partial charge in [0.1, 0.15) is 5.75 Å². The molecule has 0 aliphatic rings. The number of aliphatic hydroxyl groups is 1. The molecule has 0 aliphatic heterocycles. The first-order valence-electron chi connectivity index (χ1n) is 5.75. The molecule has 2 aromatic carbocycles. The van der Waals surface area contributed by atoms with Gasteiger partial charge >= 0.3 is 0 Å². The van der Waals surface area contributed by atoms with Gasteiger partial charge in [-0.2, -0.15) is 0 Å². The van der Waals surface area contributed by atoms with E-state index in [0.717, 1.165) is 16.5 Å². The molecule has 0 aliphatic carbocycles. The number of benzene rings is 2. The average molecular weight is 281 g/mol. The van der Waals surface area contributed by atoms with E-state index in [-0.39, 0.29) is 18.0 Å². The number of hydrogen-bond acceptors (Lipinski definition) is 4. The molecule has 0 aromatic heterocycles. The van der Waals surface area contributed by atoms with Gasteiger partial charge in [-0.15, -0.1) is 0 Å². The van der Waals surface area contributed by atoms with Crippen molar-refractivity contribution < 1.29 is 18.3 Å². The Balaban J connectivity index is 2.42. The molecule has 2 aromatic rings. The van der Waals surface area contributed by atoms with Crippen molar-refractivity contribution in [2.45, 2.75) is 4.90 Å². The Bertz CT molecular complexity index is 682. The van der Waals surface area contributed by atoms with Crippen LogP contribution in [0.2, 0.25) is 0 Å². The summed E-state index contributed by atoms with van der Waals surface area (Å²) in [6, 6.07) is 10.3. The molecule has 2 N–H and O–H groups in total. The molecule has 6 heteroatoms. The van der Waals surface area contributed by atoms with Crippen LogP contribution in [0.15, 0.2) is 41.3 Å². The van der Waals surface area contributed by atoms with Gasteiger partial charge in [0, 0.05) is 6.54 Å². The summed E-state index contributed by atoms with van der Waals surface area (Å²) in [5.41, 5.74) is 0. The van der Waals surface area contributed by atoms with Crippen LogP contribution in [-0.4, -0.2) is 33.8 Å². The van der Waals surface area contributed by atoms with Gasteiger partial charge in [-0.05, 0) is 35.0 Å². The summed E-state index contributed by atoms with van der Waals surface area (Å²) in [6.07, 6.45) is 0. The third-order valence-electron chi connectivity index (χ3n) is 2.73. The SMILES string of the molecule is COc1ccc2cc(S(=O)(=O)NCCO)ccc2c1. The average Bonchev–Trinajstić information content (AvgIpc) is 2.44. The summed E-state index contributed by atoms with van der Waals surface area (Å²) in [5.74, 6) is 0.724. The van der Waals surface area contributed by atoms with Crippen molar-refractivity contribution in [3.8, 4) is 5.75 Å². The molecule has 0 atom stereocenters. The maximum Gasteiger partial charge on any atom is 0.240 e. The second-order valence-electron chi connectivity index (χ2n) is 4.00. The zero-order valence-corrected chi connectivity index (χ0v) is 11.3. The minimum Gasteiger partial charge on any atom is -0.497 e. The molecule has 5 nitrogen and oxygen atoms in total. The zero-order valence-electron chi connectivity index (χ0n) is 10.5. The summed E-state index contributed by atoms with van der Waals surface area (Å²) in [5, 5.41) is 10.4. The molecule has 0 heterocycles. The highest BCUT2D eigenvalue weighted by molar-refractivity contribution is 7.89. The molecular weight excluding hydrogens is 266 g/mol. The zero-order chi connectivity index (χ0) is 13.9. The maximum absolute atomic E-state index is 11.9. The second-order valence-corrected chi connectivity index (χ2v) is 5.76. The van der Waals surface area contributed by atoms with Crippen molar-refractivity contribution in [3.63, 3.8) is 0 Å². The molecule has 0 unspecified atom stereocenters. The third-order valence-corrected chi connectivity index (χ3v) is 4.19. The largest absolute Gasteiger partial charge is 0.497 e. The van der Waals surface area contributed by atoms with Crippen LogP contribution < -0.4 is 9.46 Å². The molecule has 0 saturated carbocycles. The normalized spacial score (nSPS) is 11.7. The van der Waals surface area contributed by atoms with E-state index < -0.39 is 10.0 Å². The van der Waals surface area contributed by atoms with Crippen LogP contribution in [0, 0.1) is 0 Å². The van der Waals surface area contributed by atoms with Gasteiger partial charge in [-0.25, -0.2) is 13.1 Å². The molecule has 0 amide bonds. The smallest absolute Gasteiger partial charge is 0.240 e. The summed E-state index contributed by atoms with van der Waals surface area (Å²) in [6.45, 7) is -0.229. The summed E-state index contributed by atoms with van der Waals surface area (Å²) in [7, 11) is -1.99. The molecule has 0 saturated heterocycles. The fraction of sp³-hybridized carbons (Fsp3) is 0.231. The van der Waals surface area contributed by atoms with Crippen LogP contribution in [0.25, 0.3) is 10.8 Å². The first-order valence-corrected chi connectivity index (χ1v) is 7.23. The van der Waals surface area contributed by atoms with Crippen molar-refractivity contribution in [1.29, 1.82) is 0 Å². The van der Waals surface area contributed by atoms with Gasteiger partial charge in [0.2, 0.25) is 10.0 Å². The van der Waals surface area contributed by atoms with E-state index in [0.29, 0.717) is 0 Å². The number of hydrogen-bond donors (Lipinski definition) is 2. The molecular formula is C13H15NO4S. The van der Waals surface area contributed by atoms with E-state index in [9.17, 15) is 8.42 Å². The van der Waals surface area contributed by atoms with Gasteiger partial charge in [-0.3, -0.25) is 0 Å². The predicted molar refractivity (Wildman–Crippen MR) is 72.8 cm³/mol. The number of rotatable bonds is 5. The first-order chi connectivity index (χ1) is 9.06. The van der Waals surface area contributed by atoms with Crippen LogP contribution in [0.4, 0.5) is 0 Å². The van der Waals surface area contributed by atoms with Gasteiger partial charge < -0.3 is 9.84 Å². The lowest BCUT2D eigenvalue weighted by molar-refractivity contribution is 0.301.